The molecule has 144 valence electrons. The van der Waals surface area contributed by atoms with Gasteiger partial charge in [-0.1, -0.05) is 29.8 Å². The Morgan fingerprint density at radius 3 is 2.61 bits per heavy atom. The van der Waals surface area contributed by atoms with Crippen LogP contribution in [0.2, 0.25) is 0 Å². The fourth-order valence-electron chi connectivity index (χ4n) is 2.58. The van der Waals surface area contributed by atoms with Crippen LogP contribution in [0.3, 0.4) is 0 Å². The Bertz CT molecular complexity index is 1010. The number of esters is 1. The number of aromatic nitrogens is 2. The number of ether oxygens (including phenoxy) is 1. The summed E-state index contributed by atoms with van der Waals surface area (Å²) in [4.78, 5) is 19.9. The number of nitrogens with two attached hydrogens (primary N) is 1. The average molecular weight is 382 g/mol. The summed E-state index contributed by atoms with van der Waals surface area (Å²) in [5.41, 5.74) is 8.45. The maximum Gasteiger partial charge on any atom is 0.340 e. The van der Waals surface area contributed by atoms with Gasteiger partial charge >= 0.3 is 5.97 Å². The van der Waals surface area contributed by atoms with Crippen LogP contribution in [0, 0.1) is 12.7 Å². The van der Waals surface area contributed by atoms with E-state index in [1.54, 1.807) is 0 Å². The number of carbonyl (C=O) groups excluding carboxylic acids is 1. The second-order valence-electron chi connectivity index (χ2n) is 6.12. The lowest BCUT2D eigenvalue weighted by Crippen LogP contribution is -2.15. The summed E-state index contributed by atoms with van der Waals surface area (Å²) in [6.07, 6.45) is 0.183. The fourth-order valence-corrected chi connectivity index (χ4v) is 2.58. The summed E-state index contributed by atoms with van der Waals surface area (Å²) in [5, 5.41) is 13.2. The van der Waals surface area contributed by atoms with Gasteiger partial charge in [0.05, 0.1) is 24.6 Å². The maximum atomic E-state index is 14.1. The van der Waals surface area contributed by atoms with E-state index in [2.05, 4.69) is 20.0 Å². The molecule has 0 spiro atoms. The molecule has 0 fully saturated rings. The molecule has 8 heteroatoms. The van der Waals surface area contributed by atoms with E-state index in [0.717, 1.165) is 17.2 Å². The highest BCUT2D eigenvalue weighted by atomic mass is 19.1. The standard InChI is InChI=1S/C20H19FN4O3/c1-11-3-5-12(6-4-11)16-10-23-18(22)17(25-16)19(26)24-13-7-8-14(15(21)9-13)20(27)28-2/h3-10,19,24,26H,1-2H3,(H2,22,23). The van der Waals surface area contributed by atoms with Crippen LogP contribution in [0.15, 0.2) is 48.7 Å². The number of nitrogens with one attached hydrogen (secondary N) is 1. The Labute approximate surface area is 161 Å². The highest BCUT2D eigenvalue weighted by Gasteiger charge is 2.18. The van der Waals surface area contributed by atoms with Crippen LogP contribution in [0.4, 0.5) is 15.9 Å². The lowest BCUT2D eigenvalue weighted by molar-refractivity contribution is 0.0595. The Kier molecular flexibility index (Phi) is 5.51. The van der Waals surface area contributed by atoms with Crippen molar-refractivity contribution in [3.05, 3.63) is 71.3 Å². The molecule has 0 saturated heterocycles. The Balaban J connectivity index is 1.85. The molecule has 1 aromatic heterocycles. The summed E-state index contributed by atoms with van der Waals surface area (Å²) < 4.78 is 18.6. The third-order valence-corrected chi connectivity index (χ3v) is 4.11. The zero-order chi connectivity index (χ0) is 20.3. The smallest absolute Gasteiger partial charge is 0.340 e. The number of benzene rings is 2. The van der Waals surface area contributed by atoms with E-state index in [-0.39, 0.29) is 22.8 Å². The predicted octanol–water partition coefficient (Wildman–Crippen LogP) is 3.06. The van der Waals surface area contributed by atoms with Crippen LogP contribution in [0.5, 0.6) is 0 Å². The van der Waals surface area contributed by atoms with Gasteiger partial charge in [0.15, 0.2) is 6.23 Å². The molecule has 0 amide bonds. The van der Waals surface area contributed by atoms with Gasteiger partial charge in [-0.3, -0.25) is 0 Å². The normalized spacial score (nSPS) is 11.7. The van der Waals surface area contributed by atoms with E-state index < -0.39 is 18.0 Å². The van der Waals surface area contributed by atoms with Crippen LogP contribution in [0.25, 0.3) is 11.3 Å². The molecular formula is C20H19FN4O3. The number of hydrogen-bond acceptors (Lipinski definition) is 7. The molecule has 0 radical (unpaired) electrons. The molecule has 0 aliphatic carbocycles. The monoisotopic (exact) mass is 382 g/mol. The SMILES string of the molecule is COC(=O)c1ccc(NC(O)c2nc(-c3ccc(C)cc3)cnc2N)cc1F. The molecular weight excluding hydrogens is 363 g/mol. The molecule has 3 aromatic rings. The molecule has 1 atom stereocenters. The second-order valence-corrected chi connectivity index (χ2v) is 6.12. The minimum atomic E-state index is -1.33. The topological polar surface area (TPSA) is 110 Å². The lowest BCUT2D eigenvalue weighted by Gasteiger charge is -2.16. The van der Waals surface area contributed by atoms with Crippen molar-refractivity contribution in [1.82, 2.24) is 9.97 Å². The van der Waals surface area contributed by atoms with E-state index in [4.69, 9.17) is 5.73 Å². The number of aliphatic hydroxyl groups is 1. The molecule has 1 heterocycles. The van der Waals surface area contributed by atoms with E-state index in [0.29, 0.717) is 5.69 Å². The molecule has 2 aromatic carbocycles. The Morgan fingerprint density at radius 2 is 1.96 bits per heavy atom. The summed E-state index contributed by atoms with van der Waals surface area (Å²) in [5.74, 6) is -1.52. The highest BCUT2D eigenvalue weighted by Crippen LogP contribution is 2.25. The number of carbonyl (C=O) groups is 1. The Hall–Kier alpha value is -3.52. The van der Waals surface area contributed by atoms with Gasteiger partial charge in [0.2, 0.25) is 0 Å². The maximum absolute atomic E-state index is 14.1. The van der Waals surface area contributed by atoms with Crippen molar-refractivity contribution in [2.45, 2.75) is 13.2 Å². The van der Waals surface area contributed by atoms with Gasteiger partial charge in [0, 0.05) is 11.3 Å². The quantitative estimate of drug-likeness (QED) is 0.459. The highest BCUT2D eigenvalue weighted by molar-refractivity contribution is 5.90. The number of anilines is 2. The molecule has 0 saturated carbocycles. The van der Waals surface area contributed by atoms with Gasteiger partial charge < -0.3 is 20.9 Å². The fraction of sp³-hybridized carbons (Fsp3) is 0.150. The average Bonchev–Trinajstić information content (AvgIpc) is 2.68. The molecule has 3 rings (SSSR count). The number of methoxy groups -OCH3 is 1. The van der Waals surface area contributed by atoms with E-state index in [9.17, 15) is 14.3 Å². The summed E-state index contributed by atoms with van der Waals surface area (Å²) >= 11 is 0. The van der Waals surface area contributed by atoms with Gasteiger partial charge in [-0.15, -0.1) is 0 Å². The number of nitrogens with zero attached hydrogens (tertiary/aromatic N) is 2. The van der Waals surface area contributed by atoms with Crippen molar-refractivity contribution in [2.75, 3.05) is 18.2 Å². The van der Waals surface area contributed by atoms with Gasteiger partial charge in [-0.05, 0) is 25.1 Å². The van der Waals surface area contributed by atoms with Crippen molar-refractivity contribution in [2.24, 2.45) is 0 Å². The lowest BCUT2D eigenvalue weighted by atomic mass is 10.1. The minimum Gasteiger partial charge on any atom is -0.465 e. The van der Waals surface area contributed by atoms with Gasteiger partial charge in [0.1, 0.15) is 17.3 Å². The first kappa shape index (κ1) is 19.2. The van der Waals surface area contributed by atoms with Crippen molar-refractivity contribution in [1.29, 1.82) is 0 Å². The van der Waals surface area contributed by atoms with Crippen molar-refractivity contribution in [3.8, 4) is 11.3 Å². The van der Waals surface area contributed by atoms with Gasteiger partial charge in [0.25, 0.3) is 0 Å². The van der Waals surface area contributed by atoms with E-state index >= 15 is 0 Å². The summed E-state index contributed by atoms with van der Waals surface area (Å²) in [7, 11) is 1.17. The van der Waals surface area contributed by atoms with Crippen LogP contribution < -0.4 is 11.1 Å². The first-order valence-electron chi connectivity index (χ1n) is 8.41. The molecule has 0 aliphatic rings. The first-order chi connectivity index (χ1) is 13.4. The number of aliphatic hydroxyl groups excluding tert-OH is 1. The van der Waals surface area contributed by atoms with Crippen LogP contribution in [0.1, 0.15) is 27.8 Å². The molecule has 1 unspecified atom stereocenters. The van der Waals surface area contributed by atoms with Gasteiger partial charge in [-0.25, -0.2) is 19.2 Å². The van der Waals surface area contributed by atoms with E-state index in [1.165, 1.54) is 25.4 Å². The zero-order valence-corrected chi connectivity index (χ0v) is 15.3. The predicted molar refractivity (Wildman–Crippen MR) is 103 cm³/mol. The van der Waals surface area contributed by atoms with Crippen LogP contribution in [-0.4, -0.2) is 28.2 Å². The van der Waals surface area contributed by atoms with E-state index in [1.807, 2.05) is 31.2 Å². The largest absolute Gasteiger partial charge is 0.465 e. The number of rotatable bonds is 5. The molecule has 28 heavy (non-hydrogen) atoms. The summed E-state index contributed by atoms with van der Waals surface area (Å²) in [6.45, 7) is 1.97. The minimum absolute atomic E-state index is 0.0440. The molecule has 0 aliphatic heterocycles. The van der Waals surface area contributed by atoms with Crippen LogP contribution in [-0.2, 0) is 4.74 Å². The molecule has 4 N–H and O–H groups in total. The third-order valence-electron chi connectivity index (χ3n) is 4.11. The second kappa shape index (κ2) is 8.01. The third kappa shape index (κ3) is 4.07. The zero-order valence-electron chi connectivity index (χ0n) is 15.3. The first-order valence-corrected chi connectivity index (χ1v) is 8.41. The summed E-state index contributed by atoms with van der Waals surface area (Å²) in [6, 6.07) is 11.4. The van der Waals surface area contributed by atoms with Crippen molar-refractivity contribution in [3.63, 3.8) is 0 Å². The Morgan fingerprint density at radius 1 is 1.25 bits per heavy atom. The number of halogens is 1. The van der Waals surface area contributed by atoms with Crippen molar-refractivity contribution >= 4 is 17.5 Å². The number of hydrogen-bond donors (Lipinski definition) is 3. The molecule has 7 nitrogen and oxygen atoms in total. The number of nitrogen functional groups attached to an aromatic ring is 1. The number of aryl methyl sites for hydroxylation is 1. The van der Waals surface area contributed by atoms with Crippen LogP contribution >= 0.6 is 0 Å². The van der Waals surface area contributed by atoms with Gasteiger partial charge in [-0.2, -0.15) is 0 Å². The molecule has 0 bridgehead atoms. The van der Waals surface area contributed by atoms with Crippen molar-refractivity contribution < 1.29 is 19.0 Å².